The third-order valence-electron chi connectivity index (χ3n) is 5.40. The van der Waals surface area contributed by atoms with Gasteiger partial charge in [-0.05, 0) is 61.8 Å². The molecule has 178 valence electrons. The molecule has 0 saturated heterocycles. The summed E-state index contributed by atoms with van der Waals surface area (Å²) in [4.78, 5) is 35.9. The number of imide groups is 1. The molecular weight excluding hydrogens is 416 g/mol. The zero-order chi connectivity index (χ0) is 23.9. The molecule has 2 rings (SSSR count). The van der Waals surface area contributed by atoms with Crippen molar-refractivity contribution in [1.82, 2.24) is 10.6 Å². The highest BCUT2D eigenvalue weighted by molar-refractivity contribution is 5.96. The van der Waals surface area contributed by atoms with Crippen molar-refractivity contribution in [2.45, 2.75) is 57.4 Å². The second-order valence-electron chi connectivity index (χ2n) is 8.24. The summed E-state index contributed by atoms with van der Waals surface area (Å²) >= 11 is 0. The number of hydrogen-bond acceptors (Lipinski definition) is 5. The van der Waals surface area contributed by atoms with E-state index in [2.05, 4.69) is 34.9 Å². The van der Waals surface area contributed by atoms with Crippen LogP contribution in [0.15, 0.2) is 54.6 Å². The van der Waals surface area contributed by atoms with Gasteiger partial charge in [0.1, 0.15) is 0 Å². The van der Waals surface area contributed by atoms with Crippen LogP contribution in [0.1, 0.15) is 48.8 Å². The predicted molar refractivity (Wildman–Crippen MR) is 130 cm³/mol. The first kappa shape index (κ1) is 26.2. The Hall–Kier alpha value is -3.03. The van der Waals surface area contributed by atoms with Gasteiger partial charge in [-0.25, -0.2) is 0 Å². The number of rotatable bonds is 14. The van der Waals surface area contributed by atoms with Crippen LogP contribution in [0.4, 0.5) is 0 Å². The first-order valence-electron chi connectivity index (χ1n) is 11.7. The van der Waals surface area contributed by atoms with Gasteiger partial charge in [0.2, 0.25) is 17.7 Å². The lowest BCUT2D eigenvalue weighted by Gasteiger charge is -2.11. The molecule has 0 heterocycles. The minimum Gasteiger partial charge on any atom is -0.354 e. The van der Waals surface area contributed by atoms with Gasteiger partial charge in [-0.1, -0.05) is 54.6 Å². The van der Waals surface area contributed by atoms with Crippen molar-refractivity contribution in [2.75, 3.05) is 13.1 Å². The van der Waals surface area contributed by atoms with Crippen molar-refractivity contribution >= 4 is 17.7 Å². The van der Waals surface area contributed by atoms with Crippen LogP contribution in [-0.2, 0) is 33.6 Å². The molecule has 0 aliphatic carbocycles. The summed E-state index contributed by atoms with van der Waals surface area (Å²) in [5, 5.41) is 4.97. The first-order chi connectivity index (χ1) is 16.0. The average molecular weight is 453 g/mol. The lowest BCUT2D eigenvalue weighted by molar-refractivity contribution is -0.130. The second kappa shape index (κ2) is 14.9. The molecule has 2 aromatic carbocycles. The van der Waals surface area contributed by atoms with Crippen LogP contribution in [0.2, 0.25) is 0 Å². The number of nitrogens with two attached hydrogens (primary N) is 2. The molecule has 7 heteroatoms. The van der Waals surface area contributed by atoms with E-state index in [4.69, 9.17) is 11.5 Å². The van der Waals surface area contributed by atoms with Crippen molar-refractivity contribution in [3.05, 3.63) is 71.3 Å². The van der Waals surface area contributed by atoms with E-state index in [1.54, 1.807) is 0 Å². The van der Waals surface area contributed by atoms with Gasteiger partial charge in [0.25, 0.3) is 0 Å². The first-order valence-corrected chi connectivity index (χ1v) is 11.7. The number of amides is 3. The van der Waals surface area contributed by atoms with Crippen molar-refractivity contribution in [3.8, 4) is 0 Å². The Kier molecular flexibility index (Phi) is 11.9. The monoisotopic (exact) mass is 452 g/mol. The highest BCUT2D eigenvalue weighted by Crippen LogP contribution is 2.11. The van der Waals surface area contributed by atoms with Crippen LogP contribution in [0.25, 0.3) is 0 Å². The Labute approximate surface area is 196 Å². The summed E-state index contributed by atoms with van der Waals surface area (Å²) in [5.41, 5.74) is 14.6. The van der Waals surface area contributed by atoms with Crippen molar-refractivity contribution in [3.63, 3.8) is 0 Å². The zero-order valence-corrected chi connectivity index (χ0v) is 19.2. The fourth-order valence-electron chi connectivity index (χ4n) is 3.47. The maximum absolute atomic E-state index is 12.1. The van der Waals surface area contributed by atoms with E-state index in [9.17, 15) is 14.4 Å². The van der Waals surface area contributed by atoms with Crippen LogP contribution in [0.3, 0.4) is 0 Å². The van der Waals surface area contributed by atoms with Gasteiger partial charge in [-0.3, -0.25) is 19.7 Å². The standard InChI is InChI=1S/C26H36N4O3/c27-17-6-11-23(28)26(33)29-18-16-24(31)30-25(32)19-22-14-12-21(13-15-22)10-5-4-9-20-7-2-1-3-8-20/h1-3,7-8,12-15,23H,4-6,9-11,16-19,27-28H2,(H,29,33)(H,30,31,32)/t23-/m0/s1. The lowest BCUT2D eigenvalue weighted by Crippen LogP contribution is -2.42. The summed E-state index contributed by atoms with van der Waals surface area (Å²) < 4.78 is 0. The number of hydrogen-bond donors (Lipinski definition) is 4. The van der Waals surface area contributed by atoms with Gasteiger partial charge >= 0.3 is 0 Å². The molecule has 33 heavy (non-hydrogen) atoms. The smallest absolute Gasteiger partial charge is 0.236 e. The van der Waals surface area contributed by atoms with E-state index >= 15 is 0 Å². The Morgan fingerprint density at radius 3 is 2.03 bits per heavy atom. The molecule has 2 aromatic rings. The lowest BCUT2D eigenvalue weighted by atomic mass is 10.0. The molecule has 0 radical (unpaired) electrons. The van der Waals surface area contributed by atoms with Crippen molar-refractivity contribution in [1.29, 1.82) is 0 Å². The van der Waals surface area contributed by atoms with E-state index in [0.29, 0.717) is 19.4 Å². The highest BCUT2D eigenvalue weighted by Gasteiger charge is 2.13. The largest absolute Gasteiger partial charge is 0.354 e. The van der Waals surface area contributed by atoms with Gasteiger partial charge in [0.15, 0.2) is 0 Å². The van der Waals surface area contributed by atoms with Gasteiger partial charge in [0.05, 0.1) is 12.5 Å². The van der Waals surface area contributed by atoms with Crippen LogP contribution >= 0.6 is 0 Å². The highest BCUT2D eigenvalue weighted by atomic mass is 16.2. The summed E-state index contributed by atoms with van der Waals surface area (Å²) in [6.45, 7) is 0.607. The second-order valence-corrected chi connectivity index (χ2v) is 8.24. The molecule has 6 N–H and O–H groups in total. The molecule has 0 aliphatic rings. The molecule has 0 aromatic heterocycles. The van der Waals surface area contributed by atoms with E-state index in [0.717, 1.165) is 31.2 Å². The Morgan fingerprint density at radius 1 is 0.788 bits per heavy atom. The quantitative estimate of drug-likeness (QED) is 0.326. The Bertz CT molecular complexity index is 869. The number of carbonyl (C=O) groups excluding carboxylic acids is 3. The van der Waals surface area contributed by atoms with Crippen LogP contribution in [-0.4, -0.2) is 36.9 Å². The number of nitrogens with one attached hydrogen (secondary N) is 2. The molecule has 0 bridgehead atoms. The molecule has 0 spiro atoms. The van der Waals surface area contributed by atoms with Gasteiger partial charge in [-0.2, -0.15) is 0 Å². The van der Waals surface area contributed by atoms with Crippen molar-refractivity contribution < 1.29 is 14.4 Å². The summed E-state index contributed by atoms with van der Waals surface area (Å²) in [6, 6.07) is 17.8. The van der Waals surface area contributed by atoms with Crippen LogP contribution < -0.4 is 22.1 Å². The fraction of sp³-hybridized carbons (Fsp3) is 0.423. The molecule has 3 amide bonds. The van der Waals surface area contributed by atoms with Gasteiger partial charge < -0.3 is 16.8 Å². The van der Waals surface area contributed by atoms with Crippen molar-refractivity contribution in [2.24, 2.45) is 11.5 Å². The predicted octanol–water partition coefficient (Wildman–Crippen LogP) is 2.01. The molecule has 0 saturated carbocycles. The molecule has 0 unspecified atom stereocenters. The summed E-state index contributed by atoms with van der Waals surface area (Å²) in [5.74, 6) is -1.10. The average Bonchev–Trinajstić information content (AvgIpc) is 2.81. The fourth-order valence-corrected chi connectivity index (χ4v) is 3.47. The minimum atomic E-state index is -0.634. The molecule has 0 aliphatic heterocycles. The third kappa shape index (κ3) is 10.9. The van der Waals surface area contributed by atoms with E-state index in [1.807, 2.05) is 30.3 Å². The number of carbonyl (C=O) groups is 3. The van der Waals surface area contributed by atoms with Gasteiger partial charge in [0, 0.05) is 13.0 Å². The van der Waals surface area contributed by atoms with E-state index in [-0.39, 0.29) is 31.2 Å². The molecule has 1 atom stereocenters. The number of benzene rings is 2. The molecule has 0 fully saturated rings. The third-order valence-corrected chi connectivity index (χ3v) is 5.40. The molecular formula is C26H36N4O3. The van der Waals surface area contributed by atoms with E-state index < -0.39 is 11.9 Å². The Morgan fingerprint density at radius 2 is 1.39 bits per heavy atom. The normalized spacial score (nSPS) is 11.6. The topological polar surface area (TPSA) is 127 Å². The SMILES string of the molecule is NCCC[C@H](N)C(=O)NCCC(=O)NC(=O)Cc1ccc(CCCCc2ccccc2)cc1. The van der Waals surface area contributed by atoms with Crippen LogP contribution in [0.5, 0.6) is 0 Å². The number of unbranched alkanes of at least 4 members (excludes halogenated alkanes) is 1. The number of aryl methyl sites for hydroxylation is 2. The molecule has 7 nitrogen and oxygen atoms in total. The maximum Gasteiger partial charge on any atom is 0.236 e. The maximum atomic E-state index is 12.1. The Balaban J connectivity index is 1.62. The van der Waals surface area contributed by atoms with Crippen LogP contribution in [0, 0.1) is 0 Å². The zero-order valence-electron chi connectivity index (χ0n) is 19.2. The van der Waals surface area contributed by atoms with Gasteiger partial charge in [-0.15, -0.1) is 0 Å². The minimum absolute atomic E-state index is 0.0169. The van der Waals surface area contributed by atoms with E-state index in [1.165, 1.54) is 11.1 Å². The summed E-state index contributed by atoms with van der Waals surface area (Å²) in [6.07, 6.45) is 5.64. The summed E-state index contributed by atoms with van der Waals surface area (Å²) in [7, 11) is 0.